The van der Waals surface area contributed by atoms with Gasteiger partial charge >= 0.3 is 0 Å². The Balaban J connectivity index is 1.94. The van der Waals surface area contributed by atoms with Gasteiger partial charge in [-0.25, -0.2) is 4.98 Å². The van der Waals surface area contributed by atoms with Gasteiger partial charge in [-0.1, -0.05) is 30.0 Å². The third-order valence-corrected chi connectivity index (χ3v) is 5.25. The van der Waals surface area contributed by atoms with Crippen LogP contribution in [0, 0.1) is 0 Å². The number of rotatable bonds is 7. The first-order chi connectivity index (χ1) is 13.0. The van der Waals surface area contributed by atoms with Crippen molar-refractivity contribution in [3.8, 4) is 5.75 Å². The molecule has 27 heavy (non-hydrogen) atoms. The molecule has 0 N–H and O–H groups in total. The maximum Gasteiger partial charge on any atom is 0.262 e. The predicted molar refractivity (Wildman–Crippen MR) is 109 cm³/mol. The monoisotopic (exact) mass is 380 g/mol. The minimum Gasteiger partial charge on any atom is -0.497 e. The lowest BCUT2D eigenvalue weighted by molar-refractivity contribution is 0.0994. The quantitative estimate of drug-likeness (QED) is 0.269. The molecule has 0 saturated heterocycles. The van der Waals surface area contributed by atoms with E-state index < -0.39 is 5.25 Å². The summed E-state index contributed by atoms with van der Waals surface area (Å²) in [5.41, 5.74) is 1.08. The average molecular weight is 380 g/mol. The molecule has 5 nitrogen and oxygen atoms in total. The summed E-state index contributed by atoms with van der Waals surface area (Å²) in [5, 5.41) is 0.660. The summed E-state index contributed by atoms with van der Waals surface area (Å²) < 4.78 is 6.68. The highest BCUT2D eigenvalue weighted by molar-refractivity contribution is 8.00. The number of hydrogen-bond donors (Lipinski definition) is 0. The molecule has 3 aromatic rings. The lowest BCUT2D eigenvalue weighted by Crippen LogP contribution is -2.24. The molecule has 1 atom stereocenters. The molecule has 6 heteroatoms. The van der Waals surface area contributed by atoms with E-state index in [0.29, 0.717) is 33.9 Å². The lowest BCUT2D eigenvalue weighted by Gasteiger charge is -2.15. The van der Waals surface area contributed by atoms with E-state index in [4.69, 9.17) is 4.74 Å². The van der Waals surface area contributed by atoms with E-state index >= 15 is 0 Å². The zero-order valence-corrected chi connectivity index (χ0v) is 16.0. The van der Waals surface area contributed by atoms with Gasteiger partial charge in [-0.2, -0.15) is 0 Å². The van der Waals surface area contributed by atoms with Crippen molar-refractivity contribution in [1.82, 2.24) is 9.55 Å². The van der Waals surface area contributed by atoms with Crippen LogP contribution in [0.1, 0.15) is 17.3 Å². The van der Waals surface area contributed by atoms with Gasteiger partial charge in [-0.3, -0.25) is 14.2 Å². The van der Waals surface area contributed by atoms with E-state index in [-0.39, 0.29) is 11.3 Å². The predicted octanol–water partition coefficient (Wildman–Crippen LogP) is 3.95. The van der Waals surface area contributed by atoms with Gasteiger partial charge < -0.3 is 4.74 Å². The topological polar surface area (TPSA) is 61.2 Å². The Morgan fingerprint density at radius 2 is 1.96 bits per heavy atom. The normalized spacial score (nSPS) is 11.9. The number of nitrogens with zero attached hydrogens (tertiary/aromatic N) is 2. The van der Waals surface area contributed by atoms with Crippen molar-refractivity contribution < 1.29 is 9.53 Å². The van der Waals surface area contributed by atoms with Crippen molar-refractivity contribution >= 4 is 28.4 Å². The van der Waals surface area contributed by atoms with Gasteiger partial charge in [-0.05, 0) is 43.3 Å². The smallest absolute Gasteiger partial charge is 0.262 e. The Kier molecular flexibility index (Phi) is 5.76. The zero-order chi connectivity index (χ0) is 19.4. The molecule has 2 aromatic carbocycles. The largest absolute Gasteiger partial charge is 0.497 e. The number of methoxy groups -OCH3 is 1. The number of ketones is 1. The highest BCUT2D eigenvalue weighted by Crippen LogP contribution is 2.25. The van der Waals surface area contributed by atoms with Gasteiger partial charge in [0.1, 0.15) is 5.75 Å². The summed E-state index contributed by atoms with van der Waals surface area (Å²) in [5.74, 6) is 0.665. The summed E-state index contributed by atoms with van der Waals surface area (Å²) >= 11 is 1.28. The second kappa shape index (κ2) is 8.22. The van der Waals surface area contributed by atoms with Crippen molar-refractivity contribution in [2.45, 2.75) is 23.9 Å². The minimum atomic E-state index is -0.400. The van der Waals surface area contributed by atoms with E-state index in [1.165, 1.54) is 11.8 Å². The molecular formula is C21H20N2O3S. The highest BCUT2D eigenvalue weighted by atomic mass is 32.2. The minimum absolute atomic E-state index is 0.0322. The van der Waals surface area contributed by atoms with Crippen LogP contribution in [0.15, 0.2) is 71.1 Å². The number of para-hydroxylation sites is 1. The van der Waals surface area contributed by atoms with E-state index in [0.717, 1.165) is 0 Å². The molecule has 0 radical (unpaired) electrons. The summed E-state index contributed by atoms with van der Waals surface area (Å²) in [6.07, 6.45) is 1.65. The number of allylic oxidation sites excluding steroid dienone is 1. The summed E-state index contributed by atoms with van der Waals surface area (Å²) in [6.45, 7) is 5.87. The van der Waals surface area contributed by atoms with Crippen LogP contribution >= 0.6 is 11.8 Å². The van der Waals surface area contributed by atoms with Gasteiger partial charge in [0.25, 0.3) is 5.56 Å². The van der Waals surface area contributed by atoms with Gasteiger partial charge in [-0.15, -0.1) is 6.58 Å². The van der Waals surface area contributed by atoms with Crippen LogP contribution in [0.5, 0.6) is 5.75 Å². The molecule has 1 aromatic heterocycles. The molecule has 1 heterocycles. The van der Waals surface area contributed by atoms with Gasteiger partial charge in [0.2, 0.25) is 0 Å². The number of fused-ring (bicyclic) bond motifs is 1. The van der Waals surface area contributed by atoms with Crippen LogP contribution in [-0.4, -0.2) is 27.7 Å². The SMILES string of the molecule is C=CCn1c(S[C@@H](C)C(=O)c2ccc(OC)cc2)nc2ccccc2c1=O. The van der Waals surface area contributed by atoms with Crippen molar-refractivity contribution in [2.75, 3.05) is 7.11 Å². The molecule has 0 unspecified atom stereocenters. The number of carbonyl (C=O) groups excluding carboxylic acids is 1. The maximum absolute atomic E-state index is 12.8. The Bertz CT molecular complexity index is 1040. The third kappa shape index (κ3) is 3.95. The molecule has 0 saturated carbocycles. The van der Waals surface area contributed by atoms with Gasteiger partial charge in [0, 0.05) is 12.1 Å². The van der Waals surface area contributed by atoms with Crippen LogP contribution < -0.4 is 10.3 Å². The molecule has 0 amide bonds. The van der Waals surface area contributed by atoms with E-state index in [1.807, 2.05) is 19.1 Å². The molecule has 0 aliphatic rings. The molecular weight excluding hydrogens is 360 g/mol. The first kappa shape index (κ1) is 18.9. The van der Waals surface area contributed by atoms with Crippen LogP contribution in [0.25, 0.3) is 10.9 Å². The molecule has 0 spiro atoms. The highest BCUT2D eigenvalue weighted by Gasteiger charge is 2.20. The van der Waals surface area contributed by atoms with Crippen LogP contribution in [0.4, 0.5) is 0 Å². The number of carbonyl (C=O) groups is 1. The number of ether oxygens (including phenoxy) is 1. The van der Waals surface area contributed by atoms with Crippen molar-refractivity contribution in [1.29, 1.82) is 0 Å². The molecule has 0 fully saturated rings. The first-order valence-electron chi connectivity index (χ1n) is 8.50. The van der Waals surface area contributed by atoms with Crippen LogP contribution in [0.3, 0.4) is 0 Å². The van der Waals surface area contributed by atoms with Crippen molar-refractivity contribution in [2.24, 2.45) is 0 Å². The Labute approximate surface area is 161 Å². The standard InChI is InChI=1S/C21H20N2O3S/c1-4-13-23-20(25)17-7-5-6-8-18(17)22-21(23)27-14(2)19(24)15-9-11-16(26-3)12-10-15/h4-12,14H,1,13H2,2-3H3/t14-/m0/s1. The number of thioether (sulfide) groups is 1. The zero-order valence-electron chi connectivity index (χ0n) is 15.2. The third-order valence-electron chi connectivity index (χ3n) is 4.16. The van der Waals surface area contributed by atoms with E-state index in [2.05, 4.69) is 11.6 Å². The molecule has 138 valence electrons. The fourth-order valence-electron chi connectivity index (χ4n) is 2.73. The molecule has 0 aliphatic carbocycles. The van der Waals surface area contributed by atoms with E-state index in [9.17, 15) is 9.59 Å². The number of aromatic nitrogens is 2. The number of benzene rings is 2. The van der Waals surface area contributed by atoms with Gasteiger partial charge in [0.05, 0.1) is 23.3 Å². The fraction of sp³-hybridized carbons (Fsp3) is 0.190. The summed E-state index contributed by atoms with van der Waals surface area (Å²) in [6, 6.07) is 14.2. The van der Waals surface area contributed by atoms with Crippen molar-refractivity contribution in [3.05, 3.63) is 77.1 Å². The summed E-state index contributed by atoms with van der Waals surface area (Å²) in [4.78, 5) is 30.2. The second-order valence-electron chi connectivity index (χ2n) is 5.97. The van der Waals surface area contributed by atoms with Crippen LogP contribution in [-0.2, 0) is 6.54 Å². The maximum atomic E-state index is 12.8. The van der Waals surface area contributed by atoms with E-state index in [1.54, 1.807) is 54.2 Å². The van der Waals surface area contributed by atoms with Crippen molar-refractivity contribution in [3.63, 3.8) is 0 Å². The second-order valence-corrected chi connectivity index (χ2v) is 7.28. The first-order valence-corrected chi connectivity index (χ1v) is 9.38. The molecule has 3 rings (SSSR count). The molecule has 0 aliphatic heterocycles. The number of Topliss-reactive ketones (excluding diaryl/α,β-unsaturated/α-hetero) is 1. The lowest BCUT2D eigenvalue weighted by atomic mass is 10.1. The van der Waals surface area contributed by atoms with Gasteiger partial charge in [0.15, 0.2) is 10.9 Å². The Morgan fingerprint density at radius 3 is 2.63 bits per heavy atom. The fourth-order valence-corrected chi connectivity index (χ4v) is 3.72. The summed E-state index contributed by atoms with van der Waals surface area (Å²) in [7, 11) is 1.58. The van der Waals surface area contributed by atoms with Crippen LogP contribution in [0.2, 0.25) is 0 Å². The average Bonchev–Trinajstić information content (AvgIpc) is 2.70. The Hall–Kier alpha value is -2.86. The number of hydrogen-bond acceptors (Lipinski definition) is 5. The molecule has 0 bridgehead atoms. The Morgan fingerprint density at radius 1 is 1.26 bits per heavy atom.